The van der Waals surface area contributed by atoms with Crippen LogP contribution in [0.5, 0.6) is 0 Å². The van der Waals surface area contributed by atoms with Crippen LogP contribution < -0.4 is 0 Å². The number of aliphatic hydroxyl groups is 2. The molecule has 0 bridgehead atoms. The monoisotopic (exact) mass is 258 g/mol. The lowest BCUT2D eigenvalue weighted by molar-refractivity contribution is -0.138. The summed E-state index contributed by atoms with van der Waals surface area (Å²) in [6.45, 7) is 2.15. The quantitative estimate of drug-likeness (QED) is 0.395. The highest BCUT2D eigenvalue weighted by molar-refractivity contribution is 5.68. The number of aliphatic hydroxyl groups excluding tert-OH is 2. The zero-order valence-corrected chi connectivity index (χ0v) is 10.5. The molecule has 0 amide bonds. The lowest BCUT2D eigenvalue weighted by atomic mass is 10.3. The molecule has 102 valence electrons. The number of rotatable bonds is 7. The number of ether oxygens (including phenoxy) is 2. The van der Waals surface area contributed by atoms with E-state index in [0.29, 0.717) is 0 Å². The van der Waals surface area contributed by atoms with Gasteiger partial charge in [0.2, 0.25) is 0 Å². The third-order valence-electron chi connectivity index (χ3n) is 1.72. The number of allylic oxidation sites excluding steroid dienone is 2. The lowest BCUT2D eigenvalue weighted by Crippen LogP contribution is -2.02. The summed E-state index contributed by atoms with van der Waals surface area (Å²) < 4.78 is 9.68. The SMILES string of the molecule is CC(=O)O/C(=C/C=C(\CCO)OC(C)=O)CCO. The van der Waals surface area contributed by atoms with Crippen molar-refractivity contribution >= 4 is 11.9 Å². The normalized spacial score (nSPS) is 12.2. The van der Waals surface area contributed by atoms with Gasteiger partial charge in [0.15, 0.2) is 0 Å². The molecule has 0 aromatic heterocycles. The van der Waals surface area contributed by atoms with Gasteiger partial charge in [0, 0.05) is 26.7 Å². The topological polar surface area (TPSA) is 93.1 Å². The molecule has 0 aromatic carbocycles. The first-order chi connectivity index (χ1) is 8.49. The smallest absolute Gasteiger partial charge is 0.307 e. The van der Waals surface area contributed by atoms with Crippen molar-refractivity contribution in [2.75, 3.05) is 13.2 Å². The number of hydrogen-bond acceptors (Lipinski definition) is 6. The van der Waals surface area contributed by atoms with Crippen molar-refractivity contribution in [2.24, 2.45) is 0 Å². The van der Waals surface area contributed by atoms with Gasteiger partial charge in [-0.2, -0.15) is 0 Å². The maximum Gasteiger partial charge on any atom is 0.307 e. The van der Waals surface area contributed by atoms with Gasteiger partial charge in [0.05, 0.1) is 13.2 Å². The summed E-state index contributed by atoms with van der Waals surface area (Å²) in [6.07, 6.45) is 3.18. The van der Waals surface area contributed by atoms with Gasteiger partial charge in [0.1, 0.15) is 11.5 Å². The predicted molar refractivity (Wildman–Crippen MR) is 63.1 cm³/mol. The zero-order valence-electron chi connectivity index (χ0n) is 10.5. The Morgan fingerprint density at radius 3 is 1.44 bits per heavy atom. The summed E-state index contributed by atoms with van der Waals surface area (Å²) in [5.41, 5.74) is 0. The predicted octanol–water partition coefficient (Wildman–Crippen LogP) is 0.645. The molecular weight excluding hydrogens is 240 g/mol. The molecule has 2 N–H and O–H groups in total. The standard InChI is InChI=1S/C12H18O6/c1-9(15)17-11(5-7-13)3-4-12(6-8-14)18-10(2)16/h3-4,13-14H,5-8H2,1-2H3/b11-3+,12-4+. The number of carbonyl (C=O) groups excluding carboxylic acids is 2. The molecule has 0 radical (unpaired) electrons. The van der Waals surface area contributed by atoms with Gasteiger partial charge >= 0.3 is 11.9 Å². The lowest BCUT2D eigenvalue weighted by Gasteiger charge is -2.06. The highest BCUT2D eigenvalue weighted by atomic mass is 16.5. The van der Waals surface area contributed by atoms with Crippen LogP contribution in [0.3, 0.4) is 0 Å². The van der Waals surface area contributed by atoms with E-state index in [1.165, 1.54) is 26.0 Å². The maximum absolute atomic E-state index is 10.8. The van der Waals surface area contributed by atoms with E-state index in [1.54, 1.807) is 0 Å². The Morgan fingerprint density at radius 1 is 0.889 bits per heavy atom. The Labute approximate surface area is 106 Å². The van der Waals surface area contributed by atoms with Crippen molar-refractivity contribution in [3.63, 3.8) is 0 Å². The fraction of sp³-hybridized carbons (Fsp3) is 0.500. The summed E-state index contributed by atoms with van der Waals surface area (Å²) in [7, 11) is 0. The van der Waals surface area contributed by atoms with Crippen LogP contribution in [0.15, 0.2) is 23.7 Å². The number of carbonyl (C=O) groups is 2. The molecule has 0 aliphatic heterocycles. The minimum absolute atomic E-state index is 0.169. The summed E-state index contributed by atoms with van der Waals surface area (Å²) in [5, 5.41) is 17.6. The van der Waals surface area contributed by atoms with E-state index in [0.717, 1.165) is 0 Å². The Balaban J connectivity index is 4.80. The first kappa shape index (κ1) is 16.3. The first-order valence-corrected chi connectivity index (χ1v) is 5.47. The third-order valence-corrected chi connectivity index (χ3v) is 1.72. The average molecular weight is 258 g/mol. The van der Waals surface area contributed by atoms with Crippen molar-refractivity contribution in [3.05, 3.63) is 23.7 Å². The van der Waals surface area contributed by atoms with Crippen LogP contribution in [0.4, 0.5) is 0 Å². The Kier molecular flexibility index (Phi) is 8.51. The molecule has 0 rings (SSSR count). The van der Waals surface area contributed by atoms with E-state index >= 15 is 0 Å². The molecule has 0 aromatic rings. The maximum atomic E-state index is 10.8. The van der Waals surface area contributed by atoms with Gasteiger partial charge in [-0.25, -0.2) is 0 Å². The van der Waals surface area contributed by atoms with Crippen LogP contribution in [0.25, 0.3) is 0 Å². The van der Waals surface area contributed by atoms with E-state index < -0.39 is 11.9 Å². The molecule has 0 spiro atoms. The molecular formula is C12H18O6. The van der Waals surface area contributed by atoms with E-state index in [-0.39, 0.29) is 37.6 Å². The minimum atomic E-state index is -0.501. The van der Waals surface area contributed by atoms with Crippen molar-refractivity contribution in [1.29, 1.82) is 0 Å². The third kappa shape index (κ3) is 8.49. The molecule has 0 heterocycles. The Hall–Kier alpha value is -1.66. The number of hydrogen-bond donors (Lipinski definition) is 2. The molecule has 0 aliphatic carbocycles. The highest BCUT2D eigenvalue weighted by Crippen LogP contribution is 2.08. The van der Waals surface area contributed by atoms with Gasteiger partial charge in [-0.1, -0.05) is 0 Å². The Bertz CT molecular complexity index is 308. The van der Waals surface area contributed by atoms with Crippen LogP contribution in [0.1, 0.15) is 26.7 Å². The number of esters is 2. The van der Waals surface area contributed by atoms with Crippen molar-refractivity contribution in [2.45, 2.75) is 26.7 Å². The van der Waals surface area contributed by atoms with Gasteiger partial charge < -0.3 is 19.7 Å². The van der Waals surface area contributed by atoms with E-state index in [2.05, 4.69) is 0 Å². The molecule has 6 heteroatoms. The van der Waals surface area contributed by atoms with Crippen molar-refractivity contribution in [1.82, 2.24) is 0 Å². The molecule has 0 atom stereocenters. The van der Waals surface area contributed by atoms with Gasteiger partial charge in [-0.3, -0.25) is 9.59 Å². The fourth-order valence-electron chi connectivity index (χ4n) is 1.11. The summed E-state index contributed by atoms with van der Waals surface area (Å²) in [4.78, 5) is 21.6. The van der Waals surface area contributed by atoms with Crippen LogP contribution in [0, 0.1) is 0 Å². The zero-order chi connectivity index (χ0) is 14.0. The summed E-state index contributed by atoms with van der Waals surface area (Å²) in [6, 6.07) is 0. The molecule has 18 heavy (non-hydrogen) atoms. The van der Waals surface area contributed by atoms with Crippen LogP contribution in [0.2, 0.25) is 0 Å². The van der Waals surface area contributed by atoms with Gasteiger partial charge in [0.25, 0.3) is 0 Å². The van der Waals surface area contributed by atoms with Crippen molar-refractivity contribution < 1.29 is 29.3 Å². The fourth-order valence-corrected chi connectivity index (χ4v) is 1.11. The Morgan fingerprint density at radius 2 is 1.22 bits per heavy atom. The molecule has 0 aliphatic rings. The first-order valence-electron chi connectivity index (χ1n) is 5.47. The molecule has 6 nitrogen and oxygen atoms in total. The van der Waals surface area contributed by atoms with Crippen LogP contribution in [-0.4, -0.2) is 35.4 Å². The van der Waals surface area contributed by atoms with Gasteiger partial charge in [-0.05, 0) is 12.2 Å². The van der Waals surface area contributed by atoms with Crippen LogP contribution >= 0.6 is 0 Å². The molecule has 0 unspecified atom stereocenters. The second-order valence-electron chi connectivity index (χ2n) is 3.40. The average Bonchev–Trinajstić information content (AvgIpc) is 2.24. The second-order valence-corrected chi connectivity index (χ2v) is 3.40. The van der Waals surface area contributed by atoms with Crippen LogP contribution in [-0.2, 0) is 19.1 Å². The largest absolute Gasteiger partial charge is 0.431 e. The minimum Gasteiger partial charge on any atom is -0.431 e. The molecule has 0 saturated carbocycles. The van der Waals surface area contributed by atoms with E-state index in [9.17, 15) is 9.59 Å². The summed E-state index contributed by atoms with van der Waals surface area (Å²) >= 11 is 0. The second kappa shape index (κ2) is 9.38. The van der Waals surface area contributed by atoms with E-state index in [4.69, 9.17) is 19.7 Å². The molecule has 0 saturated heterocycles. The van der Waals surface area contributed by atoms with Crippen molar-refractivity contribution in [3.8, 4) is 0 Å². The van der Waals surface area contributed by atoms with E-state index in [1.807, 2.05) is 0 Å². The summed E-state index contributed by atoms with van der Waals surface area (Å²) in [5.74, 6) is -0.487. The van der Waals surface area contributed by atoms with Gasteiger partial charge in [-0.15, -0.1) is 0 Å². The molecule has 0 fully saturated rings. The highest BCUT2D eigenvalue weighted by Gasteiger charge is 2.03.